The van der Waals surface area contributed by atoms with Gasteiger partial charge in [-0.25, -0.2) is 0 Å². The Morgan fingerprint density at radius 3 is 1.07 bits per heavy atom. The first-order valence-corrected chi connectivity index (χ1v) is 24.5. The molecule has 4 fully saturated rings. The van der Waals surface area contributed by atoms with Gasteiger partial charge in [0.1, 0.15) is 6.10 Å². The second-order valence-electron chi connectivity index (χ2n) is 25.0. The third kappa shape index (κ3) is 14.0. The number of nitrogens with zero attached hydrogens (tertiary/aromatic N) is 4. The Morgan fingerprint density at radius 2 is 0.689 bits per heavy atom. The lowest BCUT2D eigenvalue weighted by molar-refractivity contribution is -0.269. The number of hydrogen-bond acceptors (Lipinski definition) is 8. The van der Waals surface area contributed by atoms with Gasteiger partial charge in [0, 0.05) is 6.61 Å². The number of rotatable bonds is 16. The lowest BCUT2D eigenvalue weighted by atomic mass is 9.94. The third-order valence-corrected chi connectivity index (χ3v) is 15.4. The van der Waals surface area contributed by atoms with E-state index in [4.69, 9.17) is 39.8 Å². The molecule has 4 aliphatic heterocycles. The second kappa shape index (κ2) is 20.2. The van der Waals surface area contributed by atoms with Gasteiger partial charge in [-0.2, -0.15) is 0 Å². The monoisotopic (exact) mass is 873 g/mol. The fraction of sp³-hybridized carbons (Fsp3) is 1.00. The van der Waals surface area contributed by atoms with E-state index >= 15 is 0 Å². The maximum absolute atomic E-state index is 9.11. The van der Waals surface area contributed by atoms with Crippen molar-refractivity contribution in [1.29, 1.82) is 0 Å². The highest BCUT2D eigenvalue weighted by atomic mass is 16.7. The Bertz CT molecular complexity index is 1320. The van der Waals surface area contributed by atoms with Crippen molar-refractivity contribution in [1.82, 2.24) is 20.3 Å². The molecule has 0 spiro atoms. The number of ether oxygens (including phenoxy) is 4. The van der Waals surface area contributed by atoms with Crippen LogP contribution in [0.4, 0.5) is 0 Å². The SMILES string of the molecule is CC1(C)CCC(OCCCCCCCC(OC2CCC(C)(C)N([OH2+])C(C)(C)C2)C(OC2CCC(C)(C)N([OH2+])C(C)(C)C2)OC2CCC(C)(C)N([OH2+])C(C)(C)C2)CC(C)(C)N1[OH2+]. The van der Waals surface area contributed by atoms with E-state index in [0.717, 1.165) is 122 Å². The summed E-state index contributed by atoms with van der Waals surface area (Å²) in [6, 6.07) is 0. The van der Waals surface area contributed by atoms with E-state index in [1.165, 1.54) is 0 Å². The van der Waals surface area contributed by atoms with Crippen LogP contribution in [0.5, 0.6) is 0 Å². The highest BCUT2D eigenvalue weighted by Gasteiger charge is 2.51. The van der Waals surface area contributed by atoms with E-state index in [-0.39, 0.29) is 74.8 Å². The van der Waals surface area contributed by atoms with Crippen LogP contribution in [0.25, 0.3) is 0 Å². The Kier molecular flexibility index (Phi) is 17.6. The average Bonchev–Trinajstić information content (AvgIpc) is 3.36. The molecule has 0 aliphatic carbocycles. The third-order valence-electron chi connectivity index (χ3n) is 15.4. The Labute approximate surface area is 373 Å². The molecule has 0 aromatic heterocycles. The van der Waals surface area contributed by atoms with E-state index in [1.807, 2.05) is 0 Å². The molecule has 4 heterocycles. The summed E-state index contributed by atoms with van der Waals surface area (Å²) >= 11 is 0. The number of hydrogen-bond donors (Lipinski definition) is 0. The molecule has 360 valence electrons. The van der Waals surface area contributed by atoms with Gasteiger partial charge in [0.15, 0.2) is 6.29 Å². The van der Waals surface area contributed by atoms with Gasteiger partial charge in [-0.1, -0.05) is 45.9 Å². The van der Waals surface area contributed by atoms with Gasteiger partial charge in [-0.15, -0.1) is 0 Å². The van der Waals surface area contributed by atoms with Crippen molar-refractivity contribution < 1.29 is 39.8 Å². The van der Waals surface area contributed by atoms with Crippen LogP contribution in [0, 0.1) is 0 Å². The van der Waals surface area contributed by atoms with Crippen LogP contribution >= 0.6 is 0 Å². The Balaban J connectivity index is 1.52. The summed E-state index contributed by atoms with van der Waals surface area (Å²) in [6.07, 6.45) is 15.5. The molecular formula is C49H100N4O8+4. The first-order chi connectivity index (χ1) is 27.8. The molecule has 5 atom stereocenters. The number of unbranched alkanes of at least 4 members (excludes halogenated alkanes) is 4. The fourth-order valence-corrected chi connectivity index (χ4v) is 11.6. The maximum Gasteiger partial charge on any atom is 0.184 e. The maximum atomic E-state index is 9.11. The highest BCUT2D eigenvalue weighted by molar-refractivity contribution is 4.98. The Morgan fingerprint density at radius 1 is 0.393 bits per heavy atom. The van der Waals surface area contributed by atoms with Crippen LogP contribution in [0.2, 0.25) is 0 Å². The van der Waals surface area contributed by atoms with Crippen molar-refractivity contribution in [2.24, 2.45) is 0 Å². The van der Waals surface area contributed by atoms with Crippen molar-refractivity contribution in [3.05, 3.63) is 0 Å². The van der Waals surface area contributed by atoms with Crippen molar-refractivity contribution in [3.8, 4) is 0 Å². The molecule has 12 heteroatoms. The van der Waals surface area contributed by atoms with Gasteiger partial charge < -0.3 is 39.8 Å². The average molecular weight is 873 g/mol. The van der Waals surface area contributed by atoms with Gasteiger partial charge in [0.25, 0.3) is 0 Å². The molecule has 4 aliphatic rings. The molecule has 4 saturated heterocycles. The minimum absolute atomic E-state index is 0.0374. The lowest BCUT2D eigenvalue weighted by Crippen LogP contribution is -2.53. The summed E-state index contributed by atoms with van der Waals surface area (Å²) in [7, 11) is 0. The molecule has 0 radical (unpaired) electrons. The van der Waals surface area contributed by atoms with Gasteiger partial charge >= 0.3 is 0 Å². The first-order valence-electron chi connectivity index (χ1n) is 24.5. The molecule has 0 bridgehead atoms. The van der Waals surface area contributed by atoms with Crippen LogP contribution in [0.1, 0.15) is 226 Å². The van der Waals surface area contributed by atoms with Gasteiger partial charge in [0.2, 0.25) is 0 Å². The van der Waals surface area contributed by atoms with Crippen LogP contribution in [0.15, 0.2) is 0 Å². The summed E-state index contributed by atoms with van der Waals surface area (Å²) in [4.78, 5) is 0. The zero-order chi connectivity index (χ0) is 46.0. The normalized spacial score (nSPS) is 32.9. The standard InChI is InChI=1S/C49H96N4O8/c1-42(2)27-23-36(32-46(9,10)50(42)54)58-31-21-19-17-18-20-22-40(59-37-24-28-43(3,4)51(55)47(11,12)33-37)41(60-38-25-29-44(5,6)52(56)48(13,14)34-38)61-39-26-30-45(7,8)53(57)49(15,16)35-39/h36-41,54-57H,17-35H2,1-16H3/p+4. The van der Waals surface area contributed by atoms with Gasteiger partial charge in [-0.3, -0.25) is 0 Å². The van der Waals surface area contributed by atoms with Crippen molar-refractivity contribution in [2.75, 3.05) is 6.61 Å². The molecule has 0 saturated carbocycles. The minimum atomic E-state index is -0.587. The summed E-state index contributed by atoms with van der Waals surface area (Å²) in [5.41, 5.74) is -2.30. The van der Waals surface area contributed by atoms with Crippen molar-refractivity contribution >= 4 is 0 Å². The molecule has 12 nitrogen and oxygen atoms in total. The topological polar surface area (TPSA) is 141 Å². The predicted octanol–water partition coefficient (Wildman–Crippen LogP) is 8.29. The lowest BCUT2D eigenvalue weighted by Gasteiger charge is -2.40. The van der Waals surface area contributed by atoms with Gasteiger partial charge in [0.05, 0.1) is 68.7 Å². The van der Waals surface area contributed by atoms with Crippen LogP contribution in [-0.2, 0) is 18.9 Å². The van der Waals surface area contributed by atoms with E-state index in [2.05, 4.69) is 111 Å². The van der Waals surface area contributed by atoms with Crippen LogP contribution < -0.4 is 0 Å². The quantitative estimate of drug-likeness (QED) is 0.0858. The molecule has 4 rings (SSSR count). The molecule has 61 heavy (non-hydrogen) atoms. The summed E-state index contributed by atoms with van der Waals surface area (Å²) in [5, 5.41) is 43.3. The van der Waals surface area contributed by atoms with Crippen molar-refractivity contribution in [3.63, 3.8) is 0 Å². The van der Waals surface area contributed by atoms with E-state index in [9.17, 15) is 0 Å². The van der Waals surface area contributed by atoms with E-state index < -0.39 is 6.29 Å². The summed E-state index contributed by atoms with van der Waals surface area (Å²) < 4.78 is 28.4. The molecule has 8 N–H and O–H groups in total. The zero-order valence-corrected chi connectivity index (χ0v) is 42.3. The predicted molar refractivity (Wildman–Crippen MR) is 249 cm³/mol. The largest absolute Gasteiger partial charge is 0.378 e. The molecule has 0 aromatic rings. The number of hydroxylamine groups is 8. The minimum Gasteiger partial charge on any atom is -0.378 e. The zero-order valence-electron chi connectivity index (χ0n) is 42.3. The second-order valence-corrected chi connectivity index (χ2v) is 25.0. The summed E-state index contributed by atoms with van der Waals surface area (Å²) in [6.45, 7) is 35.6. The smallest absolute Gasteiger partial charge is 0.184 e. The molecule has 5 unspecified atom stereocenters. The first kappa shape index (κ1) is 53.1. The van der Waals surface area contributed by atoms with Crippen molar-refractivity contribution in [2.45, 2.75) is 307 Å². The van der Waals surface area contributed by atoms with E-state index in [0.29, 0.717) is 0 Å². The van der Waals surface area contributed by atoms with Crippen LogP contribution in [0.3, 0.4) is 0 Å². The van der Waals surface area contributed by atoms with E-state index in [1.54, 1.807) is 20.3 Å². The van der Waals surface area contributed by atoms with Crippen LogP contribution in [-0.4, -0.2) is 129 Å². The highest BCUT2D eigenvalue weighted by Crippen LogP contribution is 2.42. The van der Waals surface area contributed by atoms with Gasteiger partial charge in [-0.05, 0) is 201 Å². The molecular weight excluding hydrogens is 773 g/mol. The molecule has 0 amide bonds. The fourth-order valence-electron chi connectivity index (χ4n) is 11.6. The summed E-state index contributed by atoms with van der Waals surface area (Å²) in [5.74, 6) is 0. The molecule has 0 aromatic carbocycles. The Hall–Kier alpha value is -0.480.